The highest BCUT2D eigenvalue weighted by atomic mass is 35.5. The molecule has 2 rings (SSSR count). The van der Waals surface area contributed by atoms with Crippen molar-refractivity contribution in [2.24, 2.45) is 0 Å². The van der Waals surface area contributed by atoms with Crippen LogP contribution in [0.5, 0.6) is 11.5 Å². The lowest BCUT2D eigenvalue weighted by Gasteiger charge is -2.31. The predicted molar refractivity (Wildman–Crippen MR) is 84.3 cm³/mol. The van der Waals surface area contributed by atoms with Crippen LogP contribution in [-0.4, -0.2) is 23.6 Å². The summed E-state index contributed by atoms with van der Waals surface area (Å²) >= 11 is 12.1. The molecule has 4 nitrogen and oxygen atoms in total. The smallest absolute Gasteiger partial charge is 0.511 e. The fourth-order valence-electron chi connectivity index (χ4n) is 2.04. The molecule has 0 spiro atoms. The van der Waals surface area contributed by atoms with E-state index < -0.39 is 18.5 Å². The second-order valence-corrected chi connectivity index (χ2v) is 6.97. The lowest BCUT2D eigenvalue weighted by molar-refractivity contribution is 0.00578. The summed E-state index contributed by atoms with van der Waals surface area (Å²) in [6.07, 6.45) is 0. The lowest BCUT2D eigenvalue weighted by atomic mass is 9.90. The molecule has 1 aliphatic heterocycles. The Hall–Kier alpha value is -0.615. The summed E-state index contributed by atoms with van der Waals surface area (Å²) in [4.78, 5) is 0. The molecule has 1 saturated heterocycles. The van der Waals surface area contributed by atoms with Crippen LogP contribution in [0, 0.1) is 13.8 Å². The van der Waals surface area contributed by atoms with Gasteiger partial charge in [-0.15, -0.1) is 0 Å². The molecule has 1 N–H and O–H groups in total. The third-order valence-corrected chi connectivity index (χ3v) is 5.13. The van der Waals surface area contributed by atoms with Gasteiger partial charge in [-0.05, 0) is 41.5 Å². The zero-order valence-corrected chi connectivity index (χ0v) is 14.5. The first-order chi connectivity index (χ1) is 9.48. The van der Waals surface area contributed by atoms with Crippen molar-refractivity contribution in [2.45, 2.75) is 52.7 Å². The maximum atomic E-state index is 9.84. The van der Waals surface area contributed by atoms with Crippen molar-refractivity contribution >= 4 is 30.5 Å². The Morgan fingerprint density at radius 2 is 1.33 bits per heavy atom. The third kappa shape index (κ3) is 2.72. The van der Waals surface area contributed by atoms with E-state index in [2.05, 4.69) is 0 Å². The van der Waals surface area contributed by atoms with Crippen molar-refractivity contribution in [1.82, 2.24) is 0 Å². The van der Waals surface area contributed by atoms with Gasteiger partial charge in [-0.2, -0.15) is 0 Å². The van der Waals surface area contributed by atoms with Crippen LogP contribution in [0.4, 0.5) is 0 Å². The molecule has 0 aliphatic carbocycles. The lowest BCUT2D eigenvalue weighted by Crippen LogP contribution is -2.41. The Balaban J connectivity index is 2.35. The number of hydrogen-bond donors (Lipinski definition) is 1. The zero-order valence-electron chi connectivity index (χ0n) is 13.0. The van der Waals surface area contributed by atoms with Crippen molar-refractivity contribution < 1.29 is 19.1 Å². The highest BCUT2D eigenvalue weighted by Crippen LogP contribution is 2.45. The summed E-state index contributed by atoms with van der Waals surface area (Å²) in [5.74, 6) is 0.316. The molecule has 0 bridgehead atoms. The number of halogens is 2. The van der Waals surface area contributed by atoms with Crippen LogP contribution < -0.4 is 4.65 Å². The predicted octanol–water partition coefficient (Wildman–Crippen LogP) is 4.28. The van der Waals surface area contributed by atoms with Crippen LogP contribution >= 0.6 is 23.2 Å². The van der Waals surface area contributed by atoms with Crippen LogP contribution in [0.2, 0.25) is 10.0 Å². The minimum absolute atomic E-state index is 0.144. The topological polar surface area (TPSA) is 47.9 Å². The number of rotatable bonds is 2. The maximum absolute atomic E-state index is 9.84. The van der Waals surface area contributed by atoms with Crippen LogP contribution in [0.1, 0.15) is 38.8 Å². The monoisotopic (exact) mass is 332 g/mol. The second kappa shape index (κ2) is 5.23. The van der Waals surface area contributed by atoms with Gasteiger partial charge in [0.15, 0.2) is 5.75 Å². The van der Waals surface area contributed by atoms with Gasteiger partial charge in [0, 0.05) is 11.1 Å². The summed E-state index contributed by atoms with van der Waals surface area (Å²) in [5.41, 5.74) is 0.185. The van der Waals surface area contributed by atoms with Crippen LogP contribution in [-0.2, 0) is 9.31 Å². The SMILES string of the molecule is Cc1c(Cl)c(O)c(Cl)c(C)c1OB1OC(C)(C)C(C)(C)O1. The first kappa shape index (κ1) is 16.8. The first-order valence-corrected chi connectivity index (χ1v) is 7.43. The molecule has 0 amide bonds. The van der Waals surface area contributed by atoms with Gasteiger partial charge in [0.05, 0.1) is 21.2 Å². The highest BCUT2D eigenvalue weighted by molar-refractivity contribution is 6.40. The molecule has 0 radical (unpaired) electrons. The molecule has 1 aromatic carbocycles. The molecule has 1 fully saturated rings. The Morgan fingerprint density at radius 3 is 1.71 bits per heavy atom. The third-order valence-electron chi connectivity index (χ3n) is 4.20. The molecule has 1 aromatic rings. The van der Waals surface area contributed by atoms with Crippen LogP contribution in [0.25, 0.3) is 0 Å². The number of benzene rings is 1. The fourth-order valence-corrected chi connectivity index (χ4v) is 2.45. The van der Waals surface area contributed by atoms with Gasteiger partial charge in [-0.1, -0.05) is 23.2 Å². The number of phenols is 1. The van der Waals surface area contributed by atoms with E-state index in [1.54, 1.807) is 13.8 Å². The van der Waals surface area contributed by atoms with E-state index in [4.69, 9.17) is 37.2 Å². The standard InChI is InChI=1S/C14H19BCl2O4/c1-7-9(16)11(18)10(17)8(2)12(7)19-15-20-13(3,4)14(5,6)21-15/h18H,1-6H3. The van der Waals surface area contributed by atoms with Gasteiger partial charge in [-0.3, -0.25) is 0 Å². The van der Waals surface area contributed by atoms with E-state index in [1.165, 1.54) is 0 Å². The van der Waals surface area contributed by atoms with Gasteiger partial charge in [0.2, 0.25) is 0 Å². The van der Waals surface area contributed by atoms with Gasteiger partial charge in [-0.25, -0.2) is 0 Å². The van der Waals surface area contributed by atoms with Gasteiger partial charge in [0.1, 0.15) is 5.75 Å². The van der Waals surface area contributed by atoms with Crippen molar-refractivity contribution in [3.8, 4) is 11.5 Å². The number of aromatic hydroxyl groups is 1. The number of hydrogen-bond acceptors (Lipinski definition) is 4. The molecule has 1 heterocycles. The van der Waals surface area contributed by atoms with Crippen molar-refractivity contribution in [3.63, 3.8) is 0 Å². The summed E-state index contributed by atoms with van der Waals surface area (Å²) < 4.78 is 17.4. The summed E-state index contributed by atoms with van der Waals surface area (Å²) in [6.45, 7) is 11.2. The second-order valence-electron chi connectivity index (χ2n) is 6.22. The van der Waals surface area contributed by atoms with Crippen LogP contribution in [0.3, 0.4) is 0 Å². The molecule has 7 heteroatoms. The molecular formula is C14H19BCl2O4. The minimum Gasteiger partial charge on any atom is -0.511 e. The Bertz CT molecular complexity index is 542. The molecular weight excluding hydrogens is 314 g/mol. The first-order valence-electron chi connectivity index (χ1n) is 6.67. The summed E-state index contributed by atoms with van der Waals surface area (Å²) in [6, 6.07) is 0. The largest absolute Gasteiger partial charge is 0.714 e. The van der Waals surface area contributed by atoms with Gasteiger partial charge in [0.25, 0.3) is 0 Å². The van der Waals surface area contributed by atoms with Gasteiger partial charge >= 0.3 is 7.32 Å². The minimum atomic E-state index is -0.857. The Kier molecular flexibility index (Phi) is 4.17. The zero-order chi connectivity index (χ0) is 16.2. The van der Waals surface area contributed by atoms with E-state index in [0.29, 0.717) is 16.9 Å². The fraction of sp³-hybridized carbons (Fsp3) is 0.571. The summed E-state index contributed by atoms with van der Waals surface area (Å²) in [5, 5.41) is 10.2. The average Bonchev–Trinajstić information content (AvgIpc) is 2.58. The van der Waals surface area contributed by atoms with E-state index in [0.717, 1.165) is 0 Å². The van der Waals surface area contributed by atoms with Crippen molar-refractivity contribution in [1.29, 1.82) is 0 Å². The summed E-state index contributed by atoms with van der Waals surface area (Å²) in [7, 11) is -0.857. The van der Waals surface area contributed by atoms with Crippen LogP contribution in [0.15, 0.2) is 0 Å². The molecule has 116 valence electrons. The normalized spacial score (nSPS) is 19.9. The molecule has 0 atom stereocenters. The average molecular weight is 333 g/mol. The van der Waals surface area contributed by atoms with E-state index in [-0.39, 0.29) is 15.8 Å². The van der Waals surface area contributed by atoms with E-state index >= 15 is 0 Å². The molecule has 0 unspecified atom stereocenters. The molecule has 0 aromatic heterocycles. The quantitative estimate of drug-likeness (QED) is 0.821. The van der Waals surface area contributed by atoms with E-state index in [9.17, 15) is 5.11 Å². The Morgan fingerprint density at radius 1 is 0.952 bits per heavy atom. The molecule has 21 heavy (non-hydrogen) atoms. The highest BCUT2D eigenvalue weighted by Gasteiger charge is 2.54. The molecule has 0 saturated carbocycles. The van der Waals surface area contributed by atoms with Crippen molar-refractivity contribution in [2.75, 3.05) is 0 Å². The Labute approximate surface area is 135 Å². The number of phenolic OH excluding ortho intramolecular Hbond substituents is 1. The van der Waals surface area contributed by atoms with E-state index in [1.807, 2.05) is 27.7 Å². The van der Waals surface area contributed by atoms with Gasteiger partial charge < -0.3 is 19.1 Å². The van der Waals surface area contributed by atoms with Crippen molar-refractivity contribution in [3.05, 3.63) is 21.2 Å². The molecule has 1 aliphatic rings. The maximum Gasteiger partial charge on any atom is 0.714 e.